The van der Waals surface area contributed by atoms with E-state index >= 15 is 0 Å². The molecule has 0 saturated carbocycles. The Hall–Kier alpha value is -2.73. The smallest absolute Gasteiger partial charge is 0.187 e. The lowest BCUT2D eigenvalue weighted by atomic mass is 9.88. The molecule has 0 N–H and O–H groups in total. The third kappa shape index (κ3) is 2.56. The molecule has 0 fully saturated rings. The topological polar surface area (TPSA) is 30.1 Å². The van der Waals surface area contributed by atoms with Crippen LogP contribution in [0.3, 0.4) is 0 Å². The first-order valence-corrected chi connectivity index (χ1v) is 7.24. The van der Waals surface area contributed by atoms with E-state index in [2.05, 4.69) is 25.6 Å². The van der Waals surface area contributed by atoms with E-state index in [9.17, 15) is 0 Å². The molecule has 108 valence electrons. The van der Waals surface area contributed by atoms with Gasteiger partial charge in [-0.2, -0.15) is 0 Å². The SMILES string of the molecule is [C-]#[N+]c1cccc(-c2nc3ccccc3nc2C(C)(C)C)c1. The fraction of sp³-hybridized carbons (Fsp3) is 0.211. The van der Waals surface area contributed by atoms with E-state index in [-0.39, 0.29) is 5.41 Å². The van der Waals surface area contributed by atoms with Crippen LogP contribution in [-0.4, -0.2) is 9.97 Å². The van der Waals surface area contributed by atoms with Crippen LogP contribution in [-0.2, 0) is 5.41 Å². The van der Waals surface area contributed by atoms with Crippen molar-refractivity contribution in [2.75, 3.05) is 0 Å². The molecule has 0 spiro atoms. The molecule has 0 saturated heterocycles. The Kier molecular flexibility index (Phi) is 3.38. The molecule has 1 aromatic heterocycles. The second-order valence-electron chi connectivity index (χ2n) is 6.32. The normalized spacial score (nSPS) is 11.4. The van der Waals surface area contributed by atoms with Crippen LogP contribution < -0.4 is 0 Å². The first kappa shape index (κ1) is 14.2. The highest BCUT2D eigenvalue weighted by Crippen LogP contribution is 2.33. The molecule has 3 aromatic rings. The first-order valence-electron chi connectivity index (χ1n) is 7.24. The van der Waals surface area contributed by atoms with E-state index in [0.29, 0.717) is 5.69 Å². The molecule has 0 aliphatic rings. The maximum Gasteiger partial charge on any atom is 0.187 e. The molecular formula is C19H17N3. The Morgan fingerprint density at radius 3 is 2.23 bits per heavy atom. The van der Waals surface area contributed by atoms with Gasteiger partial charge in [-0.05, 0) is 23.8 Å². The summed E-state index contributed by atoms with van der Waals surface area (Å²) in [7, 11) is 0. The molecule has 0 unspecified atom stereocenters. The largest absolute Gasteiger partial charge is 0.248 e. The Labute approximate surface area is 130 Å². The predicted octanol–water partition coefficient (Wildman–Crippen LogP) is 5.15. The Morgan fingerprint density at radius 1 is 0.909 bits per heavy atom. The van der Waals surface area contributed by atoms with Crippen LogP contribution in [0, 0.1) is 6.57 Å². The highest BCUT2D eigenvalue weighted by atomic mass is 14.8. The average Bonchev–Trinajstić information content (AvgIpc) is 2.53. The molecule has 0 atom stereocenters. The number of nitrogens with zero attached hydrogens (tertiary/aromatic N) is 3. The van der Waals surface area contributed by atoms with Gasteiger partial charge in [0.05, 0.1) is 29.0 Å². The fourth-order valence-corrected chi connectivity index (χ4v) is 2.45. The Morgan fingerprint density at radius 2 is 1.59 bits per heavy atom. The van der Waals surface area contributed by atoms with Crippen molar-refractivity contribution >= 4 is 16.7 Å². The Bertz CT molecular complexity index is 883. The number of rotatable bonds is 1. The van der Waals surface area contributed by atoms with Crippen LogP contribution in [0.15, 0.2) is 48.5 Å². The van der Waals surface area contributed by atoms with Crippen LogP contribution in [0.1, 0.15) is 26.5 Å². The number of benzene rings is 2. The minimum Gasteiger partial charge on any atom is -0.248 e. The number of para-hydroxylation sites is 2. The van der Waals surface area contributed by atoms with Crippen molar-refractivity contribution in [2.45, 2.75) is 26.2 Å². The molecule has 22 heavy (non-hydrogen) atoms. The zero-order chi connectivity index (χ0) is 15.7. The summed E-state index contributed by atoms with van der Waals surface area (Å²) in [6.07, 6.45) is 0. The summed E-state index contributed by atoms with van der Waals surface area (Å²) in [5.74, 6) is 0. The number of aromatic nitrogens is 2. The summed E-state index contributed by atoms with van der Waals surface area (Å²) < 4.78 is 0. The van der Waals surface area contributed by atoms with Crippen molar-refractivity contribution in [2.24, 2.45) is 0 Å². The van der Waals surface area contributed by atoms with E-state index in [1.165, 1.54) is 0 Å². The van der Waals surface area contributed by atoms with Crippen LogP contribution in [0.2, 0.25) is 0 Å². The lowest BCUT2D eigenvalue weighted by Gasteiger charge is -2.21. The summed E-state index contributed by atoms with van der Waals surface area (Å²) in [4.78, 5) is 13.2. The van der Waals surface area contributed by atoms with E-state index in [1.807, 2.05) is 48.5 Å². The maximum absolute atomic E-state index is 7.20. The quantitative estimate of drug-likeness (QED) is 0.580. The maximum atomic E-state index is 7.20. The molecule has 2 aromatic carbocycles. The molecule has 1 heterocycles. The monoisotopic (exact) mass is 287 g/mol. The van der Waals surface area contributed by atoms with Gasteiger partial charge in [0.1, 0.15) is 0 Å². The van der Waals surface area contributed by atoms with Crippen molar-refractivity contribution in [3.63, 3.8) is 0 Å². The summed E-state index contributed by atoms with van der Waals surface area (Å²) in [6.45, 7) is 13.6. The molecule has 3 rings (SSSR count). The molecule has 3 nitrogen and oxygen atoms in total. The van der Waals surface area contributed by atoms with Gasteiger partial charge in [0.25, 0.3) is 0 Å². The predicted molar refractivity (Wildman–Crippen MR) is 89.9 cm³/mol. The number of hydrogen-bond acceptors (Lipinski definition) is 2. The molecule has 0 radical (unpaired) electrons. The van der Waals surface area contributed by atoms with E-state index in [4.69, 9.17) is 16.5 Å². The summed E-state index contributed by atoms with van der Waals surface area (Å²) in [5.41, 5.74) is 5.02. The highest BCUT2D eigenvalue weighted by Gasteiger charge is 2.22. The van der Waals surface area contributed by atoms with Crippen molar-refractivity contribution in [1.82, 2.24) is 9.97 Å². The van der Waals surface area contributed by atoms with E-state index in [0.717, 1.165) is 28.0 Å². The van der Waals surface area contributed by atoms with Gasteiger partial charge >= 0.3 is 0 Å². The molecule has 3 heteroatoms. The van der Waals surface area contributed by atoms with Crippen molar-refractivity contribution in [3.05, 3.63) is 65.6 Å². The first-order chi connectivity index (χ1) is 10.5. The minimum atomic E-state index is -0.125. The second-order valence-corrected chi connectivity index (χ2v) is 6.32. The average molecular weight is 287 g/mol. The third-order valence-corrected chi connectivity index (χ3v) is 3.53. The van der Waals surface area contributed by atoms with Gasteiger partial charge < -0.3 is 0 Å². The molecule has 0 bridgehead atoms. The third-order valence-electron chi connectivity index (χ3n) is 3.53. The van der Waals surface area contributed by atoms with Gasteiger partial charge in [0.2, 0.25) is 0 Å². The van der Waals surface area contributed by atoms with Gasteiger partial charge in [-0.15, -0.1) is 0 Å². The lowest BCUT2D eigenvalue weighted by molar-refractivity contribution is 0.571. The molecule has 0 aliphatic carbocycles. The van der Waals surface area contributed by atoms with Crippen LogP contribution in [0.4, 0.5) is 5.69 Å². The molecule has 0 aliphatic heterocycles. The van der Waals surface area contributed by atoms with Gasteiger partial charge in [0.15, 0.2) is 5.69 Å². The van der Waals surface area contributed by atoms with Crippen molar-refractivity contribution < 1.29 is 0 Å². The summed E-state index contributed by atoms with van der Waals surface area (Å²) in [5, 5.41) is 0. The zero-order valence-electron chi connectivity index (χ0n) is 13.0. The zero-order valence-corrected chi connectivity index (χ0v) is 13.0. The molecule has 0 amide bonds. The van der Waals surface area contributed by atoms with Crippen LogP contribution in [0.25, 0.3) is 27.1 Å². The summed E-state index contributed by atoms with van der Waals surface area (Å²) >= 11 is 0. The van der Waals surface area contributed by atoms with Crippen LogP contribution in [0.5, 0.6) is 0 Å². The van der Waals surface area contributed by atoms with Gasteiger partial charge in [-0.1, -0.05) is 51.1 Å². The van der Waals surface area contributed by atoms with Crippen molar-refractivity contribution in [3.8, 4) is 11.3 Å². The molecular weight excluding hydrogens is 270 g/mol. The fourth-order valence-electron chi connectivity index (χ4n) is 2.45. The van der Waals surface area contributed by atoms with E-state index < -0.39 is 0 Å². The standard InChI is InChI=1S/C19H17N3/c1-19(2,3)18-17(13-8-7-9-14(12-13)20-4)21-15-10-5-6-11-16(15)22-18/h5-12H,1-3H3. The Balaban J connectivity index is 2.33. The van der Waals surface area contributed by atoms with E-state index in [1.54, 1.807) is 0 Å². The van der Waals surface area contributed by atoms with Crippen LogP contribution >= 0.6 is 0 Å². The second kappa shape index (κ2) is 5.23. The minimum absolute atomic E-state index is 0.125. The number of hydrogen-bond donors (Lipinski definition) is 0. The lowest BCUT2D eigenvalue weighted by Crippen LogP contribution is -2.16. The number of fused-ring (bicyclic) bond motifs is 1. The van der Waals surface area contributed by atoms with Gasteiger partial charge in [-0.3, -0.25) is 0 Å². The summed E-state index contributed by atoms with van der Waals surface area (Å²) in [6, 6.07) is 15.5. The van der Waals surface area contributed by atoms with Gasteiger partial charge in [-0.25, -0.2) is 14.8 Å². The van der Waals surface area contributed by atoms with Crippen molar-refractivity contribution in [1.29, 1.82) is 0 Å². The highest BCUT2D eigenvalue weighted by molar-refractivity contribution is 5.79. The van der Waals surface area contributed by atoms with Gasteiger partial charge in [0, 0.05) is 5.41 Å².